The molecule has 0 spiro atoms. The van der Waals surface area contributed by atoms with E-state index in [4.69, 9.17) is 5.73 Å². The summed E-state index contributed by atoms with van der Waals surface area (Å²) in [6.07, 6.45) is 5.68. The topological polar surface area (TPSA) is 42.2 Å². The van der Waals surface area contributed by atoms with Gasteiger partial charge in [0, 0.05) is 23.3 Å². The minimum atomic E-state index is 0.562. The number of nitrogens with zero attached hydrogens (tertiary/aromatic N) is 2. The number of aryl methyl sites for hydroxylation is 1. The number of nitrogens with two attached hydrogens (primary N) is 1. The third kappa shape index (κ3) is 2.69. The lowest BCUT2D eigenvalue weighted by molar-refractivity contribution is 0.459. The first-order valence-corrected chi connectivity index (χ1v) is 7.55. The van der Waals surface area contributed by atoms with Gasteiger partial charge in [0.1, 0.15) is 5.82 Å². The summed E-state index contributed by atoms with van der Waals surface area (Å²) < 4.78 is 1.04. The Hall–Kier alpha value is -0.610. The molecule has 2 rings (SSSR count). The van der Waals surface area contributed by atoms with Crippen molar-refractivity contribution in [3.8, 4) is 0 Å². The summed E-state index contributed by atoms with van der Waals surface area (Å²) in [5.74, 6) is 1.74. The van der Waals surface area contributed by atoms with Gasteiger partial charge in [-0.15, -0.1) is 0 Å². The zero-order valence-corrected chi connectivity index (χ0v) is 12.8. The van der Waals surface area contributed by atoms with E-state index in [1.807, 2.05) is 6.20 Å². The molecule has 18 heavy (non-hydrogen) atoms. The predicted octanol–water partition coefficient (Wildman–Crippen LogP) is 3.11. The van der Waals surface area contributed by atoms with Gasteiger partial charge in [-0.25, -0.2) is 4.98 Å². The van der Waals surface area contributed by atoms with Crippen molar-refractivity contribution >= 4 is 21.7 Å². The van der Waals surface area contributed by atoms with E-state index in [1.165, 1.54) is 24.8 Å². The van der Waals surface area contributed by atoms with Crippen LogP contribution in [-0.4, -0.2) is 24.1 Å². The quantitative estimate of drug-likeness (QED) is 0.929. The number of rotatable bonds is 4. The monoisotopic (exact) mass is 311 g/mol. The molecule has 2 unspecified atom stereocenters. The van der Waals surface area contributed by atoms with Crippen LogP contribution in [0.1, 0.15) is 31.7 Å². The molecule has 1 aromatic rings. The van der Waals surface area contributed by atoms with Crippen LogP contribution in [0, 0.1) is 12.8 Å². The molecular formula is C14H22BrN3. The van der Waals surface area contributed by atoms with Crippen molar-refractivity contribution in [2.75, 3.05) is 18.0 Å². The molecule has 0 bridgehead atoms. The molecule has 0 radical (unpaired) electrons. The average molecular weight is 312 g/mol. The first-order valence-electron chi connectivity index (χ1n) is 6.76. The molecule has 4 heteroatoms. The molecule has 100 valence electrons. The summed E-state index contributed by atoms with van der Waals surface area (Å²) in [5, 5.41) is 0. The van der Waals surface area contributed by atoms with Crippen LogP contribution >= 0.6 is 15.9 Å². The van der Waals surface area contributed by atoms with Crippen LogP contribution in [0.15, 0.2) is 16.7 Å². The van der Waals surface area contributed by atoms with Gasteiger partial charge < -0.3 is 10.6 Å². The van der Waals surface area contributed by atoms with Gasteiger partial charge >= 0.3 is 0 Å². The van der Waals surface area contributed by atoms with Crippen LogP contribution in [0.2, 0.25) is 0 Å². The standard InChI is InChI=1S/C14H22BrN3/c1-3-18(13-6-4-5-11(13)8-16)14-10(2)7-12(15)9-17-14/h7,9,11,13H,3-6,8,16H2,1-2H3. The Morgan fingerprint density at radius 3 is 2.89 bits per heavy atom. The van der Waals surface area contributed by atoms with Gasteiger partial charge in [-0.2, -0.15) is 0 Å². The van der Waals surface area contributed by atoms with Gasteiger partial charge in [0.15, 0.2) is 0 Å². The van der Waals surface area contributed by atoms with Crippen LogP contribution in [0.3, 0.4) is 0 Å². The largest absolute Gasteiger partial charge is 0.353 e. The molecule has 0 saturated heterocycles. The number of hydrogen-bond acceptors (Lipinski definition) is 3. The highest BCUT2D eigenvalue weighted by atomic mass is 79.9. The molecule has 1 aromatic heterocycles. The zero-order chi connectivity index (χ0) is 13.1. The highest BCUT2D eigenvalue weighted by Crippen LogP contribution is 2.33. The summed E-state index contributed by atoms with van der Waals surface area (Å²) in [5.41, 5.74) is 7.13. The van der Waals surface area contributed by atoms with Crippen LogP contribution in [-0.2, 0) is 0 Å². The normalized spacial score (nSPS) is 23.3. The lowest BCUT2D eigenvalue weighted by Gasteiger charge is -2.33. The fourth-order valence-electron chi connectivity index (χ4n) is 3.08. The van der Waals surface area contributed by atoms with E-state index in [0.717, 1.165) is 23.4 Å². The third-order valence-electron chi connectivity index (χ3n) is 3.95. The fourth-order valence-corrected chi connectivity index (χ4v) is 3.52. The van der Waals surface area contributed by atoms with Crippen molar-refractivity contribution in [2.45, 2.75) is 39.2 Å². The molecule has 1 aliphatic carbocycles. The highest BCUT2D eigenvalue weighted by Gasteiger charge is 2.31. The number of halogens is 1. The Morgan fingerprint density at radius 2 is 2.28 bits per heavy atom. The molecule has 1 saturated carbocycles. The number of hydrogen-bond donors (Lipinski definition) is 1. The van der Waals surface area contributed by atoms with Crippen LogP contribution < -0.4 is 10.6 Å². The van der Waals surface area contributed by atoms with E-state index in [0.29, 0.717) is 12.0 Å². The lowest BCUT2D eigenvalue weighted by atomic mass is 10.0. The Labute approximate surface area is 118 Å². The Morgan fingerprint density at radius 1 is 1.50 bits per heavy atom. The lowest BCUT2D eigenvalue weighted by Crippen LogP contribution is -2.41. The summed E-state index contributed by atoms with van der Waals surface area (Å²) in [4.78, 5) is 7.04. The minimum absolute atomic E-state index is 0.562. The van der Waals surface area contributed by atoms with Crippen LogP contribution in [0.25, 0.3) is 0 Å². The van der Waals surface area contributed by atoms with E-state index in [2.05, 4.69) is 45.7 Å². The molecular weight excluding hydrogens is 290 g/mol. The molecule has 0 amide bonds. The first kappa shape index (κ1) is 13.8. The van der Waals surface area contributed by atoms with Crippen molar-refractivity contribution in [1.29, 1.82) is 0 Å². The Kier molecular flexibility index (Phi) is 4.62. The SMILES string of the molecule is CCN(c1ncc(Br)cc1C)C1CCCC1CN. The number of anilines is 1. The Bertz CT molecular complexity index is 408. The average Bonchev–Trinajstić information content (AvgIpc) is 2.81. The maximum atomic E-state index is 5.90. The summed E-state index contributed by atoms with van der Waals surface area (Å²) in [6, 6.07) is 2.70. The van der Waals surface area contributed by atoms with Crippen molar-refractivity contribution < 1.29 is 0 Å². The molecule has 1 heterocycles. The van der Waals surface area contributed by atoms with Gasteiger partial charge in [-0.05, 0) is 66.7 Å². The molecule has 0 aromatic carbocycles. The second-order valence-corrected chi connectivity index (χ2v) is 5.99. The minimum Gasteiger partial charge on any atom is -0.353 e. The first-order chi connectivity index (χ1) is 8.67. The number of aromatic nitrogens is 1. The second kappa shape index (κ2) is 6.02. The maximum absolute atomic E-state index is 5.90. The predicted molar refractivity (Wildman–Crippen MR) is 79.9 cm³/mol. The van der Waals surface area contributed by atoms with E-state index < -0.39 is 0 Å². The van der Waals surface area contributed by atoms with Crippen LogP contribution in [0.5, 0.6) is 0 Å². The van der Waals surface area contributed by atoms with Crippen molar-refractivity contribution in [3.05, 3.63) is 22.3 Å². The molecule has 2 atom stereocenters. The van der Waals surface area contributed by atoms with Crippen LogP contribution in [0.4, 0.5) is 5.82 Å². The summed E-state index contributed by atoms with van der Waals surface area (Å²) >= 11 is 3.48. The second-order valence-electron chi connectivity index (χ2n) is 5.07. The highest BCUT2D eigenvalue weighted by molar-refractivity contribution is 9.10. The van der Waals surface area contributed by atoms with E-state index in [9.17, 15) is 0 Å². The summed E-state index contributed by atoms with van der Waals surface area (Å²) in [6.45, 7) is 6.12. The smallest absolute Gasteiger partial charge is 0.131 e. The molecule has 1 fully saturated rings. The Balaban J connectivity index is 2.27. The van der Waals surface area contributed by atoms with Gasteiger partial charge in [0.2, 0.25) is 0 Å². The van der Waals surface area contributed by atoms with Gasteiger partial charge in [0.25, 0.3) is 0 Å². The maximum Gasteiger partial charge on any atom is 0.131 e. The molecule has 3 nitrogen and oxygen atoms in total. The molecule has 1 aliphatic rings. The third-order valence-corrected chi connectivity index (χ3v) is 4.39. The molecule has 0 aliphatic heterocycles. The van der Waals surface area contributed by atoms with Crippen molar-refractivity contribution in [2.24, 2.45) is 11.7 Å². The van der Waals surface area contributed by atoms with E-state index in [-0.39, 0.29) is 0 Å². The van der Waals surface area contributed by atoms with Crippen molar-refractivity contribution in [1.82, 2.24) is 4.98 Å². The molecule has 2 N–H and O–H groups in total. The summed E-state index contributed by atoms with van der Waals surface area (Å²) in [7, 11) is 0. The number of pyridine rings is 1. The fraction of sp³-hybridized carbons (Fsp3) is 0.643. The van der Waals surface area contributed by atoms with E-state index >= 15 is 0 Å². The van der Waals surface area contributed by atoms with E-state index in [1.54, 1.807) is 0 Å². The van der Waals surface area contributed by atoms with Crippen molar-refractivity contribution in [3.63, 3.8) is 0 Å². The van der Waals surface area contributed by atoms with Gasteiger partial charge in [-0.1, -0.05) is 6.42 Å². The van der Waals surface area contributed by atoms with Gasteiger partial charge in [-0.3, -0.25) is 0 Å². The zero-order valence-electron chi connectivity index (χ0n) is 11.2. The van der Waals surface area contributed by atoms with Gasteiger partial charge in [0.05, 0.1) is 0 Å².